The Hall–Kier alpha value is -3.53. The highest BCUT2D eigenvalue weighted by Gasteiger charge is 2.32. The summed E-state index contributed by atoms with van der Waals surface area (Å²) in [5.74, 6) is -2.48. The van der Waals surface area contributed by atoms with Crippen LogP contribution < -0.4 is 5.32 Å². The highest BCUT2D eigenvalue weighted by atomic mass is 32.2. The van der Waals surface area contributed by atoms with Gasteiger partial charge < -0.3 is 15.5 Å². The largest absolute Gasteiger partial charge is 0.481 e. The van der Waals surface area contributed by atoms with Crippen molar-refractivity contribution in [3.8, 4) is 11.3 Å². The normalized spacial score (nSPS) is 17.8. The Balaban J connectivity index is 1.66. The van der Waals surface area contributed by atoms with E-state index < -0.39 is 23.1 Å². The molecule has 3 rings (SSSR count). The Labute approximate surface area is 163 Å². The molecule has 1 unspecified atom stereocenters. The highest BCUT2D eigenvalue weighted by Crippen LogP contribution is 2.22. The maximum atomic E-state index is 11.6. The first-order valence-electron chi connectivity index (χ1n) is 8.02. The highest BCUT2D eigenvalue weighted by molar-refractivity contribution is 8.15. The number of aromatic nitrogens is 1. The quantitative estimate of drug-likeness (QED) is 0.498. The number of pyridine rings is 1. The van der Waals surface area contributed by atoms with E-state index in [0.717, 1.165) is 22.9 Å². The van der Waals surface area contributed by atoms with Gasteiger partial charge in [0.05, 0.1) is 23.9 Å². The molecule has 1 amide bonds. The summed E-state index contributed by atoms with van der Waals surface area (Å²) in [5, 5.41) is 27.6. The molecule has 3 N–H and O–H groups in total. The molecule has 1 aliphatic heterocycles. The molecule has 1 aliphatic rings. The molecule has 1 aromatic heterocycles. The average Bonchev–Trinajstić information content (AvgIpc) is 3.01. The predicted octanol–water partition coefficient (Wildman–Crippen LogP) is 1.84. The standard InChI is InChI=1S/C18H14N4O5S/c23-15(24)8-14-16(25)21-18(28-14)22-20-9-10-1-3-11(4-2-10)13-7-12(17(26)27)5-6-19-13/h1-7,9,14H,8H2,(H,23,24)(H,26,27)(H,21,22,25). The van der Waals surface area contributed by atoms with E-state index in [-0.39, 0.29) is 17.2 Å². The topological polar surface area (TPSA) is 141 Å². The fourth-order valence-electron chi connectivity index (χ4n) is 2.35. The molecule has 0 saturated carbocycles. The second kappa shape index (κ2) is 8.44. The zero-order valence-corrected chi connectivity index (χ0v) is 15.1. The number of carboxylic acids is 2. The van der Waals surface area contributed by atoms with Gasteiger partial charge in [-0.15, -0.1) is 5.10 Å². The van der Waals surface area contributed by atoms with Crippen molar-refractivity contribution < 1.29 is 24.6 Å². The number of aliphatic carboxylic acids is 1. The first kappa shape index (κ1) is 19.2. The second-order valence-electron chi connectivity index (χ2n) is 5.70. The van der Waals surface area contributed by atoms with E-state index in [0.29, 0.717) is 5.69 Å². The van der Waals surface area contributed by atoms with Gasteiger partial charge in [-0.3, -0.25) is 14.6 Å². The minimum atomic E-state index is -1.05. The van der Waals surface area contributed by atoms with Crippen LogP contribution in [0.25, 0.3) is 11.3 Å². The zero-order chi connectivity index (χ0) is 20.1. The van der Waals surface area contributed by atoms with Crippen molar-refractivity contribution in [1.29, 1.82) is 0 Å². The van der Waals surface area contributed by atoms with Crippen LogP contribution in [-0.2, 0) is 9.59 Å². The summed E-state index contributed by atoms with van der Waals surface area (Å²) >= 11 is 1.02. The van der Waals surface area contributed by atoms with Crippen molar-refractivity contribution in [1.82, 2.24) is 10.3 Å². The number of amidine groups is 1. The lowest BCUT2D eigenvalue weighted by Gasteiger charge is -2.02. The second-order valence-corrected chi connectivity index (χ2v) is 6.89. The summed E-state index contributed by atoms with van der Waals surface area (Å²) in [7, 11) is 0. The smallest absolute Gasteiger partial charge is 0.335 e. The summed E-state index contributed by atoms with van der Waals surface area (Å²) in [6.45, 7) is 0. The SMILES string of the molecule is O=C(O)CC1SC(=NN=Cc2ccc(-c3cc(C(=O)O)ccn3)cc2)NC1=O. The Morgan fingerprint density at radius 3 is 2.64 bits per heavy atom. The van der Waals surface area contributed by atoms with E-state index in [2.05, 4.69) is 20.5 Å². The van der Waals surface area contributed by atoms with Crippen LogP contribution in [0.15, 0.2) is 52.8 Å². The predicted molar refractivity (Wildman–Crippen MR) is 103 cm³/mol. The number of nitrogens with one attached hydrogen (secondary N) is 1. The fourth-order valence-corrected chi connectivity index (χ4v) is 3.27. The van der Waals surface area contributed by atoms with Crippen molar-refractivity contribution in [2.24, 2.45) is 10.2 Å². The third-order valence-electron chi connectivity index (χ3n) is 3.71. The lowest BCUT2D eigenvalue weighted by atomic mass is 10.1. The number of amides is 1. The van der Waals surface area contributed by atoms with E-state index in [1.807, 2.05) is 0 Å². The summed E-state index contributed by atoms with van der Waals surface area (Å²) in [4.78, 5) is 37.5. The van der Waals surface area contributed by atoms with Gasteiger partial charge in [0, 0.05) is 11.8 Å². The number of thioether (sulfide) groups is 1. The molecule has 0 aliphatic carbocycles. The summed E-state index contributed by atoms with van der Waals surface area (Å²) < 4.78 is 0. The Morgan fingerprint density at radius 1 is 1.21 bits per heavy atom. The van der Waals surface area contributed by atoms with Gasteiger partial charge in [0.2, 0.25) is 5.91 Å². The molecular formula is C18H14N4O5S. The summed E-state index contributed by atoms with van der Waals surface area (Å²) in [6, 6.07) is 10.00. The van der Waals surface area contributed by atoms with Crippen LogP contribution in [0.2, 0.25) is 0 Å². The van der Waals surface area contributed by atoms with Crippen LogP contribution in [0.3, 0.4) is 0 Å². The van der Waals surface area contributed by atoms with Crippen molar-refractivity contribution in [2.75, 3.05) is 0 Å². The molecule has 2 aromatic rings. The molecule has 1 saturated heterocycles. The number of nitrogens with zero attached hydrogens (tertiary/aromatic N) is 3. The molecule has 1 aromatic carbocycles. The molecule has 0 bridgehead atoms. The molecule has 1 atom stereocenters. The lowest BCUT2D eigenvalue weighted by molar-refractivity contribution is -0.138. The molecule has 9 nitrogen and oxygen atoms in total. The van der Waals surface area contributed by atoms with E-state index in [1.54, 1.807) is 24.3 Å². The van der Waals surface area contributed by atoms with Crippen LogP contribution in [0, 0.1) is 0 Å². The number of hydrogen-bond acceptors (Lipinski definition) is 7. The molecule has 28 heavy (non-hydrogen) atoms. The number of carbonyl (C=O) groups is 3. The van der Waals surface area contributed by atoms with Gasteiger partial charge in [-0.25, -0.2) is 4.79 Å². The van der Waals surface area contributed by atoms with Crippen molar-refractivity contribution >= 4 is 41.0 Å². The first-order valence-corrected chi connectivity index (χ1v) is 8.90. The maximum absolute atomic E-state index is 11.6. The van der Waals surface area contributed by atoms with E-state index in [9.17, 15) is 14.4 Å². The fraction of sp³-hybridized carbons (Fsp3) is 0.111. The number of rotatable bonds is 6. The average molecular weight is 398 g/mol. The molecule has 0 radical (unpaired) electrons. The minimum absolute atomic E-state index is 0.156. The summed E-state index contributed by atoms with van der Waals surface area (Å²) in [5.41, 5.74) is 2.18. The van der Waals surface area contributed by atoms with E-state index >= 15 is 0 Å². The minimum Gasteiger partial charge on any atom is -0.481 e. The van der Waals surface area contributed by atoms with Gasteiger partial charge in [0.25, 0.3) is 0 Å². The van der Waals surface area contributed by atoms with Crippen LogP contribution >= 0.6 is 11.8 Å². The number of aromatic carboxylic acids is 1. The van der Waals surface area contributed by atoms with Gasteiger partial charge >= 0.3 is 11.9 Å². The number of carbonyl (C=O) groups excluding carboxylic acids is 1. The Morgan fingerprint density at radius 2 is 1.96 bits per heavy atom. The van der Waals surface area contributed by atoms with Gasteiger partial charge in [-0.2, -0.15) is 5.10 Å². The maximum Gasteiger partial charge on any atom is 0.335 e. The van der Waals surface area contributed by atoms with Gasteiger partial charge in [0.15, 0.2) is 5.17 Å². The summed E-state index contributed by atoms with van der Waals surface area (Å²) in [6.07, 6.45) is 2.64. The molecule has 1 fully saturated rings. The third-order valence-corrected chi connectivity index (χ3v) is 4.78. The van der Waals surface area contributed by atoms with Crippen molar-refractivity contribution in [3.63, 3.8) is 0 Å². The van der Waals surface area contributed by atoms with Gasteiger partial charge in [-0.05, 0) is 17.7 Å². The van der Waals surface area contributed by atoms with Crippen LogP contribution in [0.5, 0.6) is 0 Å². The van der Waals surface area contributed by atoms with Crippen molar-refractivity contribution in [2.45, 2.75) is 11.7 Å². The van der Waals surface area contributed by atoms with Crippen LogP contribution in [-0.4, -0.2) is 49.7 Å². The Bertz CT molecular complexity index is 988. The van der Waals surface area contributed by atoms with Crippen LogP contribution in [0.4, 0.5) is 0 Å². The third kappa shape index (κ3) is 4.80. The van der Waals surface area contributed by atoms with Crippen molar-refractivity contribution in [3.05, 3.63) is 53.7 Å². The van der Waals surface area contributed by atoms with Gasteiger partial charge in [0.1, 0.15) is 5.25 Å². The zero-order valence-electron chi connectivity index (χ0n) is 14.3. The molecule has 142 valence electrons. The van der Waals surface area contributed by atoms with E-state index in [4.69, 9.17) is 10.2 Å². The molecule has 0 spiro atoms. The lowest BCUT2D eigenvalue weighted by Crippen LogP contribution is -2.26. The number of hydrogen-bond donors (Lipinski definition) is 3. The van der Waals surface area contributed by atoms with E-state index in [1.165, 1.54) is 24.5 Å². The first-order chi connectivity index (χ1) is 13.4. The van der Waals surface area contributed by atoms with Crippen LogP contribution in [0.1, 0.15) is 22.3 Å². The van der Waals surface area contributed by atoms with Gasteiger partial charge in [-0.1, -0.05) is 36.0 Å². The number of carboxylic acid groups (broad SMARTS) is 2. The number of benzene rings is 1. The molecule has 10 heteroatoms. The molecular weight excluding hydrogens is 384 g/mol. The Kier molecular flexibility index (Phi) is 5.80. The monoisotopic (exact) mass is 398 g/mol. The molecule has 2 heterocycles.